The molecule has 1 saturated carbocycles. The first-order valence-corrected chi connectivity index (χ1v) is 7.49. The van der Waals surface area contributed by atoms with Crippen LogP contribution in [0.25, 0.3) is 0 Å². The Bertz CT molecular complexity index is 532. The predicted molar refractivity (Wildman–Crippen MR) is 77.1 cm³/mol. The molecule has 1 unspecified atom stereocenters. The van der Waals surface area contributed by atoms with Gasteiger partial charge in [0.25, 0.3) is 11.6 Å². The van der Waals surface area contributed by atoms with Crippen LogP contribution in [0.1, 0.15) is 36.2 Å². The fraction of sp³-hybridized carbons (Fsp3) is 0.643. The SMILES string of the molecule is O=C(c1cc([N+](=O)[O-])c[nH]1)N(CC1CC1)CC1CCCN1. The Morgan fingerprint density at radius 1 is 1.38 bits per heavy atom. The molecule has 2 fully saturated rings. The Balaban J connectivity index is 1.70. The van der Waals surface area contributed by atoms with Crippen molar-refractivity contribution >= 4 is 11.6 Å². The number of carbonyl (C=O) groups is 1. The van der Waals surface area contributed by atoms with Crippen molar-refractivity contribution in [2.24, 2.45) is 5.92 Å². The molecule has 0 bridgehead atoms. The van der Waals surface area contributed by atoms with Gasteiger partial charge in [0.15, 0.2) is 0 Å². The number of rotatable bonds is 6. The third-order valence-corrected chi connectivity index (χ3v) is 4.17. The summed E-state index contributed by atoms with van der Waals surface area (Å²) in [5.74, 6) is 0.462. The van der Waals surface area contributed by atoms with Crippen molar-refractivity contribution in [2.75, 3.05) is 19.6 Å². The topological polar surface area (TPSA) is 91.3 Å². The van der Waals surface area contributed by atoms with Gasteiger partial charge in [0, 0.05) is 25.2 Å². The molecule has 21 heavy (non-hydrogen) atoms. The zero-order valence-electron chi connectivity index (χ0n) is 11.9. The summed E-state index contributed by atoms with van der Waals surface area (Å²) in [6, 6.07) is 1.67. The van der Waals surface area contributed by atoms with Crippen molar-refractivity contribution in [1.82, 2.24) is 15.2 Å². The predicted octanol–water partition coefficient (Wildman–Crippen LogP) is 1.53. The zero-order chi connectivity index (χ0) is 14.8. The molecule has 0 aromatic carbocycles. The maximum Gasteiger partial charge on any atom is 0.287 e. The second-order valence-corrected chi connectivity index (χ2v) is 5.98. The number of amides is 1. The van der Waals surface area contributed by atoms with Crippen molar-refractivity contribution < 1.29 is 9.72 Å². The third kappa shape index (κ3) is 3.41. The Morgan fingerprint density at radius 3 is 2.76 bits per heavy atom. The van der Waals surface area contributed by atoms with Gasteiger partial charge < -0.3 is 15.2 Å². The average molecular weight is 292 g/mol. The van der Waals surface area contributed by atoms with E-state index in [0.717, 1.165) is 25.9 Å². The summed E-state index contributed by atoms with van der Waals surface area (Å²) in [5, 5.41) is 14.1. The highest BCUT2D eigenvalue weighted by atomic mass is 16.6. The first kappa shape index (κ1) is 14.1. The van der Waals surface area contributed by atoms with Crippen LogP contribution >= 0.6 is 0 Å². The minimum atomic E-state index is -0.489. The Hall–Kier alpha value is -1.89. The molecule has 7 heteroatoms. The van der Waals surface area contributed by atoms with Crippen LogP contribution in [0.15, 0.2) is 12.3 Å². The standard InChI is InChI=1S/C14H20N4O3/c19-14(13-6-12(7-16-13)18(20)21)17(8-10-3-4-10)9-11-2-1-5-15-11/h6-7,10-11,15-16H,1-5,8-9H2. The number of aromatic nitrogens is 1. The molecule has 2 aliphatic rings. The van der Waals surface area contributed by atoms with E-state index in [1.165, 1.54) is 25.1 Å². The molecule has 1 aromatic rings. The van der Waals surface area contributed by atoms with Gasteiger partial charge in [0.1, 0.15) is 5.69 Å². The number of nitrogens with one attached hydrogen (secondary N) is 2. The van der Waals surface area contributed by atoms with Crippen molar-refractivity contribution in [3.8, 4) is 0 Å². The monoisotopic (exact) mass is 292 g/mol. The first-order chi connectivity index (χ1) is 10.1. The Kier molecular flexibility index (Phi) is 3.92. The summed E-state index contributed by atoms with van der Waals surface area (Å²) in [7, 11) is 0. The summed E-state index contributed by atoms with van der Waals surface area (Å²) in [4.78, 5) is 27.4. The van der Waals surface area contributed by atoms with Gasteiger partial charge in [-0.2, -0.15) is 0 Å². The van der Waals surface area contributed by atoms with E-state index in [1.54, 1.807) is 0 Å². The van der Waals surface area contributed by atoms with Crippen molar-refractivity contribution in [3.63, 3.8) is 0 Å². The van der Waals surface area contributed by atoms with E-state index in [4.69, 9.17) is 0 Å². The highest BCUT2D eigenvalue weighted by Crippen LogP contribution is 2.30. The summed E-state index contributed by atoms with van der Waals surface area (Å²) in [5.41, 5.74) is 0.240. The Labute approximate surface area is 122 Å². The van der Waals surface area contributed by atoms with Gasteiger partial charge in [0.2, 0.25) is 0 Å². The minimum Gasteiger partial charge on any atom is -0.351 e. The van der Waals surface area contributed by atoms with Crippen LogP contribution in [0.4, 0.5) is 5.69 Å². The van der Waals surface area contributed by atoms with Gasteiger partial charge in [-0.25, -0.2) is 0 Å². The lowest BCUT2D eigenvalue weighted by Crippen LogP contribution is -2.42. The molecule has 1 aliphatic heterocycles. The van der Waals surface area contributed by atoms with Crippen molar-refractivity contribution in [2.45, 2.75) is 31.7 Å². The molecule has 1 amide bonds. The van der Waals surface area contributed by atoms with Gasteiger partial charge in [-0.3, -0.25) is 14.9 Å². The zero-order valence-corrected chi connectivity index (χ0v) is 11.9. The molecule has 114 valence electrons. The minimum absolute atomic E-state index is 0.0660. The molecular formula is C14H20N4O3. The second-order valence-electron chi connectivity index (χ2n) is 5.98. The van der Waals surface area contributed by atoms with E-state index in [1.807, 2.05) is 4.90 Å². The lowest BCUT2D eigenvalue weighted by atomic mass is 10.2. The number of aromatic amines is 1. The van der Waals surface area contributed by atoms with E-state index in [9.17, 15) is 14.9 Å². The van der Waals surface area contributed by atoms with Crippen molar-refractivity contribution in [3.05, 3.63) is 28.1 Å². The summed E-state index contributed by atoms with van der Waals surface area (Å²) >= 11 is 0. The van der Waals surface area contributed by atoms with E-state index >= 15 is 0 Å². The first-order valence-electron chi connectivity index (χ1n) is 7.49. The lowest BCUT2D eigenvalue weighted by Gasteiger charge is -2.25. The smallest absolute Gasteiger partial charge is 0.287 e. The fourth-order valence-corrected chi connectivity index (χ4v) is 2.81. The largest absolute Gasteiger partial charge is 0.351 e. The number of hydrogen-bond acceptors (Lipinski definition) is 4. The van der Waals surface area contributed by atoms with Crippen LogP contribution in [0.2, 0.25) is 0 Å². The molecule has 3 rings (SSSR count). The van der Waals surface area contributed by atoms with E-state index in [-0.39, 0.29) is 11.6 Å². The summed E-state index contributed by atoms with van der Waals surface area (Å²) in [6.07, 6.45) is 5.85. The van der Waals surface area contributed by atoms with Crippen molar-refractivity contribution in [1.29, 1.82) is 0 Å². The molecule has 1 atom stereocenters. The molecule has 0 radical (unpaired) electrons. The lowest BCUT2D eigenvalue weighted by molar-refractivity contribution is -0.384. The number of H-pyrrole nitrogens is 1. The van der Waals surface area contributed by atoms with Crippen LogP contribution in [0.5, 0.6) is 0 Å². The summed E-state index contributed by atoms with van der Waals surface area (Å²) < 4.78 is 0. The average Bonchev–Trinajstić information content (AvgIpc) is 2.96. The number of nitrogens with zero attached hydrogens (tertiary/aromatic N) is 2. The molecule has 1 saturated heterocycles. The van der Waals surface area contributed by atoms with Crippen LogP contribution in [0.3, 0.4) is 0 Å². The Morgan fingerprint density at radius 2 is 2.19 bits per heavy atom. The van der Waals surface area contributed by atoms with Crippen LogP contribution < -0.4 is 5.32 Å². The highest BCUT2D eigenvalue weighted by Gasteiger charge is 2.30. The molecule has 2 N–H and O–H groups in total. The van der Waals surface area contributed by atoms with Gasteiger partial charge in [-0.15, -0.1) is 0 Å². The van der Waals surface area contributed by atoms with Gasteiger partial charge in [-0.1, -0.05) is 0 Å². The normalized spacial score (nSPS) is 21.4. The number of nitro groups is 1. The van der Waals surface area contributed by atoms with E-state index in [2.05, 4.69) is 10.3 Å². The van der Waals surface area contributed by atoms with Crippen LogP contribution in [-0.4, -0.2) is 46.4 Å². The molecule has 2 heterocycles. The number of hydrogen-bond donors (Lipinski definition) is 2. The highest BCUT2D eigenvalue weighted by molar-refractivity contribution is 5.93. The van der Waals surface area contributed by atoms with Gasteiger partial charge >= 0.3 is 0 Å². The molecule has 1 aliphatic carbocycles. The van der Waals surface area contributed by atoms with Crippen LogP contribution in [0, 0.1) is 16.0 Å². The van der Waals surface area contributed by atoms with E-state index < -0.39 is 4.92 Å². The molecule has 7 nitrogen and oxygen atoms in total. The summed E-state index contributed by atoms with van der Waals surface area (Å²) in [6.45, 7) is 2.44. The van der Waals surface area contributed by atoms with Gasteiger partial charge in [-0.05, 0) is 38.1 Å². The molecule has 0 spiro atoms. The second kappa shape index (κ2) is 5.85. The molecule has 1 aromatic heterocycles. The third-order valence-electron chi connectivity index (χ3n) is 4.17. The number of carbonyl (C=O) groups excluding carboxylic acids is 1. The van der Waals surface area contributed by atoms with Gasteiger partial charge in [0.05, 0.1) is 11.1 Å². The fourth-order valence-electron chi connectivity index (χ4n) is 2.81. The quantitative estimate of drug-likeness (QED) is 0.614. The van der Waals surface area contributed by atoms with E-state index in [0.29, 0.717) is 24.2 Å². The molecular weight excluding hydrogens is 272 g/mol. The maximum atomic E-state index is 12.6. The van der Waals surface area contributed by atoms with Crippen LogP contribution in [-0.2, 0) is 0 Å². The maximum absolute atomic E-state index is 12.6.